The van der Waals surface area contributed by atoms with Crippen molar-refractivity contribution in [3.05, 3.63) is 75.7 Å². The number of anilines is 1. The molecule has 170 valence electrons. The van der Waals surface area contributed by atoms with Gasteiger partial charge >= 0.3 is 6.36 Å². The zero-order valence-corrected chi connectivity index (χ0v) is 18.1. The number of fused-ring (bicyclic) bond motifs is 2. The van der Waals surface area contributed by atoms with Gasteiger partial charge in [0.15, 0.2) is 0 Å². The van der Waals surface area contributed by atoms with Gasteiger partial charge in [-0.3, -0.25) is 9.69 Å². The van der Waals surface area contributed by atoms with Crippen LogP contribution >= 0.6 is 11.3 Å². The summed E-state index contributed by atoms with van der Waals surface area (Å²) in [7, 11) is 0. The Morgan fingerprint density at radius 1 is 1.27 bits per heavy atom. The van der Waals surface area contributed by atoms with Gasteiger partial charge in [0.25, 0.3) is 5.91 Å². The second-order valence-corrected chi connectivity index (χ2v) is 8.76. The first-order valence-electron chi connectivity index (χ1n) is 10.2. The van der Waals surface area contributed by atoms with E-state index < -0.39 is 6.36 Å². The molecule has 1 aromatic carbocycles. The Hall–Kier alpha value is -3.37. The minimum Gasteiger partial charge on any atom is -0.406 e. The maximum Gasteiger partial charge on any atom is 0.573 e. The fourth-order valence-corrected chi connectivity index (χ4v) is 5.13. The van der Waals surface area contributed by atoms with E-state index in [4.69, 9.17) is 0 Å². The second kappa shape index (κ2) is 8.53. The lowest BCUT2D eigenvalue weighted by Crippen LogP contribution is -2.30. The lowest BCUT2D eigenvalue weighted by molar-refractivity contribution is -0.274. The lowest BCUT2D eigenvalue weighted by atomic mass is 10.0. The highest BCUT2D eigenvalue weighted by Crippen LogP contribution is 2.31. The number of aromatic nitrogens is 2. The molecule has 6 nitrogen and oxygen atoms in total. The van der Waals surface area contributed by atoms with E-state index in [0.29, 0.717) is 5.56 Å². The second-order valence-electron chi connectivity index (χ2n) is 7.80. The van der Waals surface area contributed by atoms with Crippen molar-refractivity contribution < 1.29 is 22.7 Å². The van der Waals surface area contributed by atoms with Crippen molar-refractivity contribution in [1.82, 2.24) is 14.9 Å². The molecule has 0 saturated heterocycles. The molecule has 3 aromatic heterocycles. The third kappa shape index (κ3) is 4.86. The largest absolute Gasteiger partial charge is 0.573 e. The Morgan fingerprint density at radius 2 is 2.15 bits per heavy atom. The van der Waals surface area contributed by atoms with Crippen molar-refractivity contribution >= 4 is 34.0 Å². The molecule has 0 spiro atoms. The van der Waals surface area contributed by atoms with Gasteiger partial charge < -0.3 is 15.0 Å². The zero-order valence-electron chi connectivity index (χ0n) is 17.3. The SMILES string of the molecule is O=C(Nc1cccc(OC(F)(F)F)c1)c1csc2c1CCN(Cc1cnc3[nH]ccc3c1)C2. The molecule has 4 aromatic rings. The predicted octanol–water partition coefficient (Wildman–Crippen LogP) is 5.33. The minimum atomic E-state index is -4.79. The Bertz CT molecular complexity index is 1310. The smallest absolute Gasteiger partial charge is 0.406 e. The van der Waals surface area contributed by atoms with Crippen LogP contribution < -0.4 is 10.1 Å². The van der Waals surface area contributed by atoms with E-state index in [9.17, 15) is 18.0 Å². The Labute approximate surface area is 191 Å². The fraction of sp³-hybridized carbons (Fsp3) is 0.217. The molecule has 0 radical (unpaired) electrons. The van der Waals surface area contributed by atoms with Crippen LogP contribution in [0.3, 0.4) is 0 Å². The molecule has 1 amide bonds. The normalized spacial score (nSPS) is 14.3. The van der Waals surface area contributed by atoms with Crippen LogP contribution in [0.15, 0.2) is 54.2 Å². The number of nitrogens with one attached hydrogen (secondary N) is 2. The third-order valence-electron chi connectivity index (χ3n) is 5.46. The van der Waals surface area contributed by atoms with E-state index in [1.807, 2.05) is 23.8 Å². The molecule has 0 aliphatic carbocycles. The van der Waals surface area contributed by atoms with Crippen molar-refractivity contribution in [2.24, 2.45) is 0 Å². The number of amides is 1. The molecule has 1 aliphatic rings. The van der Waals surface area contributed by atoms with Crippen LogP contribution in [0.5, 0.6) is 5.75 Å². The average Bonchev–Trinajstić information content (AvgIpc) is 3.39. The number of pyridine rings is 1. The molecule has 4 heterocycles. The summed E-state index contributed by atoms with van der Waals surface area (Å²) in [6.45, 7) is 2.29. The van der Waals surface area contributed by atoms with Gasteiger partial charge in [0.1, 0.15) is 11.4 Å². The number of aromatic amines is 1. The standard InChI is InChI=1S/C23H19F3N4O2S/c24-23(25,26)32-17-3-1-2-16(9-17)29-22(31)19-13-33-20-12-30(7-5-18(19)20)11-14-8-15-4-6-27-21(15)28-10-14/h1-4,6,8-10,13H,5,7,11-12H2,(H,27,28)(H,29,31). The first-order chi connectivity index (χ1) is 15.8. The summed E-state index contributed by atoms with van der Waals surface area (Å²) in [5, 5.41) is 5.57. The van der Waals surface area contributed by atoms with E-state index in [0.717, 1.165) is 59.2 Å². The number of carbonyl (C=O) groups excluding carboxylic acids is 1. The number of carbonyl (C=O) groups is 1. The molecule has 2 N–H and O–H groups in total. The van der Waals surface area contributed by atoms with Crippen LogP contribution in [0.4, 0.5) is 18.9 Å². The number of nitrogens with zero attached hydrogens (tertiary/aromatic N) is 2. The number of hydrogen-bond acceptors (Lipinski definition) is 5. The van der Waals surface area contributed by atoms with E-state index in [1.165, 1.54) is 29.5 Å². The molecule has 1 aliphatic heterocycles. The summed E-state index contributed by atoms with van der Waals surface area (Å²) < 4.78 is 41.3. The molecule has 0 bridgehead atoms. The molecule has 10 heteroatoms. The number of ether oxygens (including phenoxy) is 1. The van der Waals surface area contributed by atoms with Crippen LogP contribution in [0.1, 0.15) is 26.4 Å². The maximum atomic E-state index is 12.8. The number of H-pyrrole nitrogens is 1. The molecule has 0 unspecified atom stereocenters. The van der Waals surface area contributed by atoms with Crippen molar-refractivity contribution in [2.45, 2.75) is 25.9 Å². The highest BCUT2D eigenvalue weighted by molar-refractivity contribution is 7.10. The molecular formula is C23H19F3N4O2S. The molecule has 5 rings (SSSR count). The summed E-state index contributed by atoms with van der Waals surface area (Å²) in [6, 6.07) is 9.39. The van der Waals surface area contributed by atoms with E-state index in [-0.39, 0.29) is 17.3 Å². The summed E-state index contributed by atoms with van der Waals surface area (Å²) >= 11 is 1.52. The number of hydrogen-bond donors (Lipinski definition) is 2. The Kier molecular flexibility index (Phi) is 5.55. The Morgan fingerprint density at radius 3 is 3.00 bits per heavy atom. The highest BCUT2D eigenvalue weighted by atomic mass is 32.1. The van der Waals surface area contributed by atoms with Crippen LogP contribution in [-0.2, 0) is 19.5 Å². The average molecular weight is 472 g/mol. The van der Waals surface area contributed by atoms with E-state index in [2.05, 4.69) is 31.0 Å². The van der Waals surface area contributed by atoms with Gasteiger partial charge in [0.2, 0.25) is 0 Å². The maximum absolute atomic E-state index is 12.8. The van der Waals surface area contributed by atoms with Gasteiger partial charge in [-0.25, -0.2) is 4.98 Å². The van der Waals surface area contributed by atoms with Crippen molar-refractivity contribution in [3.8, 4) is 5.75 Å². The monoisotopic (exact) mass is 472 g/mol. The summed E-state index contributed by atoms with van der Waals surface area (Å²) in [5.74, 6) is -0.720. The number of benzene rings is 1. The van der Waals surface area contributed by atoms with Gasteiger partial charge in [-0.15, -0.1) is 24.5 Å². The first-order valence-corrected chi connectivity index (χ1v) is 11.1. The summed E-state index contributed by atoms with van der Waals surface area (Å²) in [6.07, 6.45) is -0.326. The van der Waals surface area contributed by atoms with Crippen molar-refractivity contribution in [3.63, 3.8) is 0 Å². The highest BCUT2D eigenvalue weighted by Gasteiger charge is 2.31. The summed E-state index contributed by atoms with van der Waals surface area (Å²) in [5.41, 5.74) is 3.79. The van der Waals surface area contributed by atoms with Gasteiger partial charge in [-0.05, 0) is 41.8 Å². The number of thiophene rings is 1. The quantitative estimate of drug-likeness (QED) is 0.412. The van der Waals surface area contributed by atoms with Gasteiger partial charge in [0.05, 0.1) is 5.56 Å². The zero-order chi connectivity index (χ0) is 23.0. The predicted molar refractivity (Wildman–Crippen MR) is 119 cm³/mol. The van der Waals surface area contributed by atoms with Crippen LogP contribution in [0.2, 0.25) is 0 Å². The first kappa shape index (κ1) is 21.5. The molecular weight excluding hydrogens is 453 g/mol. The topological polar surface area (TPSA) is 70.2 Å². The third-order valence-corrected chi connectivity index (χ3v) is 6.47. The number of halogens is 3. The molecule has 33 heavy (non-hydrogen) atoms. The Balaban J connectivity index is 1.26. The van der Waals surface area contributed by atoms with Gasteiger partial charge in [0, 0.05) is 59.4 Å². The van der Waals surface area contributed by atoms with E-state index in [1.54, 1.807) is 0 Å². The van der Waals surface area contributed by atoms with Crippen LogP contribution in [0, 0.1) is 0 Å². The van der Waals surface area contributed by atoms with Crippen molar-refractivity contribution in [2.75, 3.05) is 11.9 Å². The van der Waals surface area contributed by atoms with Crippen molar-refractivity contribution in [1.29, 1.82) is 0 Å². The fourth-order valence-electron chi connectivity index (χ4n) is 4.01. The lowest BCUT2D eigenvalue weighted by Gasteiger charge is -2.27. The molecule has 0 fully saturated rings. The van der Waals surface area contributed by atoms with Gasteiger partial charge in [-0.2, -0.15) is 0 Å². The molecule has 0 atom stereocenters. The minimum absolute atomic E-state index is 0.242. The summed E-state index contributed by atoms with van der Waals surface area (Å²) in [4.78, 5) is 23.8. The van der Waals surface area contributed by atoms with Gasteiger partial charge in [-0.1, -0.05) is 6.07 Å². The molecule has 0 saturated carbocycles. The number of alkyl halides is 3. The van der Waals surface area contributed by atoms with Crippen LogP contribution in [-0.4, -0.2) is 33.7 Å². The van der Waals surface area contributed by atoms with E-state index >= 15 is 0 Å². The van der Waals surface area contributed by atoms with Crippen LogP contribution in [0.25, 0.3) is 11.0 Å². The number of rotatable bonds is 5.